The van der Waals surface area contributed by atoms with E-state index >= 15 is 0 Å². The molecule has 0 atom stereocenters. The van der Waals surface area contributed by atoms with Crippen molar-refractivity contribution in [1.29, 1.82) is 5.26 Å². The van der Waals surface area contributed by atoms with Crippen molar-refractivity contribution in [1.82, 2.24) is 4.90 Å². The van der Waals surface area contributed by atoms with Gasteiger partial charge in [0.2, 0.25) is 0 Å². The van der Waals surface area contributed by atoms with Crippen molar-refractivity contribution in [2.45, 2.75) is 0 Å². The third-order valence-corrected chi connectivity index (χ3v) is 3.13. The summed E-state index contributed by atoms with van der Waals surface area (Å²) in [6.45, 7) is 3.71. The zero-order valence-electron chi connectivity index (χ0n) is 8.97. The number of nitrogens with zero attached hydrogens (tertiary/aromatic N) is 3. The topological polar surface area (TPSA) is 30.3 Å². The van der Waals surface area contributed by atoms with Gasteiger partial charge < -0.3 is 9.80 Å². The summed E-state index contributed by atoms with van der Waals surface area (Å²) in [5, 5.41) is 9.04. The van der Waals surface area contributed by atoms with E-state index in [9.17, 15) is 0 Å². The Morgan fingerprint density at radius 1 is 1.19 bits per heavy atom. The molecule has 1 heterocycles. The summed E-state index contributed by atoms with van der Waals surface area (Å²) in [5.41, 5.74) is 3.50. The number of thiocarbonyl (C=S) groups is 1. The summed E-state index contributed by atoms with van der Waals surface area (Å²) >= 11 is 4.91. The number of para-hydroxylation sites is 1. The van der Waals surface area contributed by atoms with Gasteiger partial charge in [-0.2, -0.15) is 5.26 Å². The Kier molecular flexibility index (Phi) is 3.37. The van der Waals surface area contributed by atoms with E-state index in [1.807, 2.05) is 24.3 Å². The molecule has 0 amide bonds. The average molecular weight is 231 g/mol. The molecule has 0 radical (unpaired) electrons. The van der Waals surface area contributed by atoms with Gasteiger partial charge in [0, 0.05) is 26.2 Å². The summed E-state index contributed by atoms with van der Waals surface area (Å²) in [5.74, 6) is 0. The lowest BCUT2D eigenvalue weighted by atomic mass is 10.1. The second-order valence-electron chi connectivity index (χ2n) is 3.76. The Bertz CT molecular complexity index is 417. The fraction of sp³-hybridized carbons (Fsp3) is 0.333. The third-order valence-electron chi connectivity index (χ3n) is 2.83. The second-order valence-corrected chi connectivity index (χ2v) is 3.97. The predicted octanol–water partition coefficient (Wildman–Crippen LogP) is 1.64. The van der Waals surface area contributed by atoms with Gasteiger partial charge in [0.05, 0.1) is 16.7 Å². The number of piperazine rings is 1. The molecule has 2 rings (SSSR count). The smallest absolute Gasteiger partial charge is 0.101 e. The molecule has 0 aliphatic carbocycles. The summed E-state index contributed by atoms with van der Waals surface area (Å²) in [6.07, 6.45) is 0. The van der Waals surface area contributed by atoms with Crippen LogP contribution in [0.4, 0.5) is 5.69 Å². The highest BCUT2D eigenvalue weighted by molar-refractivity contribution is 7.78. The molecule has 0 N–H and O–H groups in total. The molecule has 1 fully saturated rings. The molecule has 0 unspecified atom stereocenters. The number of benzene rings is 1. The summed E-state index contributed by atoms with van der Waals surface area (Å²) < 4.78 is 0. The predicted molar refractivity (Wildman–Crippen MR) is 68.6 cm³/mol. The van der Waals surface area contributed by atoms with Crippen molar-refractivity contribution >= 4 is 23.4 Å². The minimum atomic E-state index is 0.748. The Labute approximate surface area is 101 Å². The van der Waals surface area contributed by atoms with Crippen LogP contribution in [-0.4, -0.2) is 36.6 Å². The van der Waals surface area contributed by atoms with Gasteiger partial charge in [0.15, 0.2) is 0 Å². The molecule has 0 aromatic heterocycles. The third kappa shape index (κ3) is 2.15. The van der Waals surface area contributed by atoms with Gasteiger partial charge in [-0.25, -0.2) is 0 Å². The second kappa shape index (κ2) is 4.95. The molecule has 1 aliphatic heterocycles. The number of anilines is 1. The van der Waals surface area contributed by atoms with E-state index in [1.54, 1.807) is 5.49 Å². The monoisotopic (exact) mass is 231 g/mol. The Morgan fingerprint density at radius 3 is 2.50 bits per heavy atom. The van der Waals surface area contributed by atoms with Crippen molar-refractivity contribution < 1.29 is 0 Å². The molecule has 1 saturated heterocycles. The fourth-order valence-electron chi connectivity index (χ4n) is 1.91. The summed E-state index contributed by atoms with van der Waals surface area (Å²) in [4.78, 5) is 4.37. The van der Waals surface area contributed by atoms with Crippen LogP contribution in [0.2, 0.25) is 0 Å². The van der Waals surface area contributed by atoms with E-state index in [-0.39, 0.29) is 0 Å². The van der Waals surface area contributed by atoms with Crippen LogP contribution in [0, 0.1) is 11.3 Å². The van der Waals surface area contributed by atoms with Crippen LogP contribution in [0.5, 0.6) is 0 Å². The van der Waals surface area contributed by atoms with Crippen LogP contribution in [0.3, 0.4) is 0 Å². The molecule has 0 saturated carbocycles. The maximum Gasteiger partial charge on any atom is 0.101 e. The molecule has 4 heteroatoms. The molecule has 16 heavy (non-hydrogen) atoms. The van der Waals surface area contributed by atoms with Gasteiger partial charge >= 0.3 is 0 Å². The number of nitriles is 1. The molecule has 82 valence electrons. The quantitative estimate of drug-likeness (QED) is 0.724. The fourth-order valence-corrected chi connectivity index (χ4v) is 2.12. The lowest BCUT2D eigenvalue weighted by Crippen LogP contribution is -2.45. The van der Waals surface area contributed by atoms with Crippen LogP contribution in [-0.2, 0) is 0 Å². The van der Waals surface area contributed by atoms with Gasteiger partial charge in [-0.15, -0.1) is 0 Å². The Balaban J connectivity index is 2.14. The summed E-state index contributed by atoms with van der Waals surface area (Å²) in [6, 6.07) is 9.97. The Hall–Kier alpha value is -1.60. The van der Waals surface area contributed by atoms with Crippen molar-refractivity contribution in [3.8, 4) is 6.07 Å². The van der Waals surface area contributed by atoms with Crippen LogP contribution in [0.1, 0.15) is 5.56 Å². The van der Waals surface area contributed by atoms with Crippen LogP contribution >= 0.6 is 12.2 Å². The van der Waals surface area contributed by atoms with E-state index in [0.29, 0.717) is 0 Å². The first-order valence-corrected chi connectivity index (χ1v) is 5.75. The van der Waals surface area contributed by atoms with Gasteiger partial charge in [-0.3, -0.25) is 0 Å². The standard InChI is InChI=1S/C12H13N3S/c13-9-11-3-1-2-4-12(11)15-7-5-14(10-16)6-8-15/h1-4,10H,5-8H2. The van der Waals surface area contributed by atoms with Gasteiger partial charge in [0.1, 0.15) is 6.07 Å². The van der Waals surface area contributed by atoms with E-state index in [1.165, 1.54) is 0 Å². The zero-order chi connectivity index (χ0) is 11.4. The molecule has 1 aromatic rings. The van der Waals surface area contributed by atoms with Crippen LogP contribution < -0.4 is 4.90 Å². The lowest BCUT2D eigenvalue weighted by Gasteiger charge is -2.35. The SMILES string of the molecule is N#Cc1ccccc1N1CCN(C=S)CC1. The highest BCUT2D eigenvalue weighted by Gasteiger charge is 2.16. The van der Waals surface area contributed by atoms with Gasteiger partial charge in [-0.05, 0) is 12.1 Å². The van der Waals surface area contributed by atoms with E-state index in [2.05, 4.69) is 15.9 Å². The van der Waals surface area contributed by atoms with Crippen LogP contribution in [0.25, 0.3) is 0 Å². The molecule has 0 spiro atoms. The molecule has 3 nitrogen and oxygen atoms in total. The largest absolute Gasteiger partial charge is 0.367 e. The summed E-state index contributed by atoms with van der Waals surface area (Å²) in [7, 11) is 0. The first-order chi connectivity index (χ1) is 7.85. The normalized spacial score (nSPS) is 15.7. The van der Waals surface area contributed by atoms with Crippen LogP contribution in [0.15, 0.2) is 24.3 Å². The average Bonchev–Trinajstić information content (AvgIpc) is 2.39. The van der Waals surface area contributed by atoms with Crippen molar-refractivity contribution in [2.24, 2.45) is 0 Å². The Morgan fingerprint density at radius 2 is 1.88 bits per heavy atom. The molecular formula is C12H13N3S. The van der Waals surface area contributed by atoms with Crippen molar-refractivity contribution in [2.75, 3.05) is 31.1 Å². The van der Waals surface area contributed by atoms with Crippen molar-refractivity contribution in [3.05, 3.63) is 29.8 Å². The van der Waals surface area contributed by atoms with E-state index in [0.717, 1.165) is 37.4 Å². The van der Waals surface area contributed by atoms with Crippen molar-refractivity contribution in [3.63, 3.8) is 0 Å². The first kappa shape index (κ1) is 10.9. The molecular weight excluding hydrogens is 218 g/mol. The highest BCUT2D eigenvalue weighted by atomic mass is 32.1. The highest BCUT2D eigenvalue weighted by Crippen LogP contribution is 2.20. The number of hydrogen-bond acceptors (Lipinski definition) is 3. The minimum absolute atomic E-state index is 0.748. The number of hydrogen-bond donors (Lipinski definition) is 0. The zero-order valence-corrected chi connectivity index (χ0v) is 9.78. The number of rotatable bonds is 2. The van der Waals surface area contributed by atoms with E-state index in [4.69, 9.17) is 17.5 Å². The van der Waals surface area contributed by atoms with E-state index < -0.39 is 0 Å². The molecule has 1 aliphatic rings. The minimum Gasteiger partial charge on any atom is -0.367 e. The lowest BCUT2D eigenvalue weighted by molar-refractivity contribution is 0.401. The molecule has 0 bridgehead atoms. The molecule has 1 aromatic carbocycles. The van der Waals surface area contributed by atoms with Gasteiger partial charge in [0.25, 0.3) is 0 Å². The maximum atomic E-state index is 9.04. The maximum absolute atomic E-state index is 9.04. The first-order valence-electron chi connectivity index (χ1n) is 5.28. The van der Waals surface area contributed by atoms with Gasteiger partial charge in [-0.1, -0.05) is 24.4 Å².